The first-order valence-corrected chi connectivity index (χ1v) is 7.55. The van der Waals surface area contributed by atoms with Crippen LogP contribution in [-0.4, -0.2) is 17.0 Å². The van der Waals surface area contributed by atoms with Gasteiger partial charge >= 0.3 is 0 Å². The van der Waals surface area contributed by atoms with Gasteiger partial charge in [-0.15, -0.1) is 0 Å². The molecule has 1 aromatic heterocycles. The SMILES string of the molecule is CC(C)CNCc1ccc2c(ccn2CC(C)C(N)=O)c1. The maximum Gasteiger partial charge on any atom is 0.222 e. The molecule has 0 aliphatic heterocycles. The molecular weight excluding hydrogens is 262 g/mol. The first kappa shape index (κ1) is 15.6. The number of nitrogens with one attached hydrogen (secondary N) is 1. The van der Waals surface area contributed by atoms with Crippen molar-refractivity contribution in [2.75, 3.05) is 6.54 Å². The van der Waals surface area contributed by atoms with Crippen molar-refractivity contribution in [2.45, 2.75) is 33.9 Å². The number of nitrogens with two attached hydrogens (primary N) is 1. The Morgan fingerprint density at radius 3 is 2.71 bits per heavy atom. The number of benzene rings is 1. The van der Waals surface area contributed by atoms with E-state index in [0.717, 1.165) is 18.6 Å². The predicted molar refractivity (Wildman–Crippen MR) is 86.8 cm³/mol. The van der Waals surface area contributed by atoms with E-state index >= 15 is 0 Å². The summed E-state index contributed by atoms with van der Waals surface area (Å²) in [5.74, 6) is 0.240. The predicted octanol–water partition coefficient (Wildman–Crippen LogP) is 2.51. The first-order valence-electron chi connectivity index (χ1n) is 7.55. The van der Waals surface area contributed by atoms with Crippen molar-refractivity contribution in [1.82, 2.24) is 9.88 Å². The van der Waals surface area contributed by atoms with Crippen molar-refractivity contribution >= 4 is 16.8 Å². The number of aromatic nitrogens is 1. The molecule has 1 aromatic carbocycles. The zero-order valence-corrected chi connectivity index (χ0v) is 13.1. The molecule has 1 amide bonds. The minimum atomic E-state index is -0.258. The van der Waals surface area contributed by atoms with Crippen molar-refractivity contribution in [3.05, 3.63) is 36.0 Å². The first-order chi connectivity index (χ1) is 9.97. The Bertz CT molecular complexity index is 616. The monoisotopic (exact) mass is 287 g/mol. The molecule has 114 valence electrons. The van der Waals surface area contributed by atoms with E-state index < -0.39 is 0 Å². The molecule has 0 radical (unpaired) electrons. The van der Waals surface area contributed by atoms with Crippen molar-refractivity contribution < 1.29 is 4.79 Å². The van der Waals surface area contributed by atoms with Gasteiger partial charge in [-0.3, -0.25) is 4.79 Å². The van der Waals surface area contributed by atoms with E-state index in [9.17, 15) is 4.79 Å². The Morgan fingerprint density at radius 2 is 2.05 bits per heavy atom. The Morgan fingerprint density at radius 1 is 1.29 bits per heavy atom. The van der Waals surface area contributed by atoms with Gasteiger partial charge in [-0.2, -0.15) is 0 Å². The van der Waals surface area contributed by atoms with Crippen LogP contribution in [0, 0.1) is 11.8 Å². The average molecular weight is 287 g/mol. The number of amides is 1. The van der Waals surface area contributed by atoms with Crippen LogP contribution in [0.1, 0.15) is 26.3 Å². The van der Waals surface area contributed by atoms with E-state index in [0.29, 0.717) is 12.5 Å². The average Bonchev–Trinajstić information content (AvgIpc) is 2.81. The number of hydrogen-bond acceptors (Lipinski definition) is 2. The quantitative estimate of drug-likeness (QED) is 0.822. The molecule has 2 aromatic rings. The van der Waals surface area contributed by atoms with Crippen LogP contribution < -0.4 is 11.1 Å². The molecule has 4 nitrogen and oxygen atoms in total. The lowest BCUT2D eigenvalue weighted by Gasteiger charge is -2.11. The normalized spacial score (nSPS) is 13.0. The highest BCUT2D eigenvalue weighted by atomic mass is 16.1. The summed E-state index contributed by atoms with van der Waals surface area (Å²) in [5, 5.41) is 4.66. The van der Waals surface area contributed by atoms with Gasteiger partial charge in [0.25, 0.3) is 0 Å². The topological polar surface area (TPSA) is 60.1 Å². The van der Waals surface area contributed by atoms with Crippen molar-refractivity contribution in [3.63, 3.8) is 0 Å². The van der Waals surface area contributed by atoms with Crippen LogP contribution >= 0.6 is 0 Å². The molecule has 0 bridgehead atoms. The van der Waals surface area contributed by atoms with Crippen molar-refractivity contribution in [3.8, 4) is 0 Å². The van der Waals surface area contributed by atoms with E-state index in [1.54, 1.807) is 0 Å². The van der Waals surface area contributed by atoms with Crippen LogP contribution in [0.4, 0.5) is 0 Å². The second-order valence-corrected chi connectivity index (χ2v) is 6.19. The van der Waals surface area contributed by atoms with E-state index in [1.165, 1.54) is 10.9 Å². The summed E-state index contributed by atoms with van der Waals surface area (Å²) in [6.45, 7) is 8.81. The lowest BCUT2D eigenvalue weighted by atomic mass is 10.1. The second kappa shape index (κ2) is 6.76. The second-order valence-electron chi connectivity index (χ2n) is 6.19. The van der Waals surface area contributed by atoms with Crippen molar-refractivity contribution in [2.24, 2.45) is 17.6 Å². The van der Waals surface area contributed by atoms with E-state index in [-0.39, 0.29) is 11.8 Å². The molecule has 0 aliphatic carbocycles. The van der Waals surface area contributed by atoms with Gasteiger partial charge in [0.15, 0.2) is 0 Å². The van der Waals surface area contributed by atoms with Gasteiger partial charge in [0.05, 0.1) is 5.92 Å². The van der Waals surface area contributed by atoms with Crippen LogP contribution in [0.3, 0.4) is 0 Å². The highest BCUT2D eigenvalue weighted by Crippen LogP contribution is 2.19. The Hall–Kier alpha value is -1.81. The highest BCUT2D eigenvalue weighted by Gasteiger charge is 2.11. The van der Waals surface area contributed by atoms with Crippen LogP contribution in [0.15, 0.2) is 30.5 Å². The molecule has 0 fully saturated rings. The summed E-state index contributed by atoms with van der Waals surface area (Å²) in [5.41, 5.74) is 7.77. The van der Waals surface area contributed by atoms with E-state index in [4.69, 9.17) is 5.73 Å². The third-order valence-corrected chi connectivity index (χ3v) is 3.67. The fourth-order valence-electron chi connectivity index (χ4n) is 2.41. The molecular formula is C17H25N3O. The van der Waals surface area contributed by atoms with Crippen LogP contribution in [0.25, 0.3) is 10.9 Å². The maximum absolute atomic E-state index is 11.2. The van der Waals surface area contributed by atoms with E-state index in [1.807, 2.05) is 13.1 Å². The summed E-state index contributed by atoms with van der Waals surface area (Å²) < 4.78 is 2.09. The van der Waals surface area contributed by atoms with Gasteiger partial charge in [0, 0.05) is 24.8 Å². The zero-order chi connectivity index (χ0) is 15.4. The lowest BCUT2D eigenvalue weighted by Crippen LogP contribution is -2.24. The molecule has 1 unspecified atom stereocenters. The number of nitrogens with zero attached hydrogens (tertiary/aromatic N) is 1. The molecule has 2 rings (SSSR count). The minimum absolute atomic E-state index is 0.159. The summed E-state index contributed by atoms with van der Waals surface area (Å²) in [6, 6.07) is 8.56. The molecule has 1 atom stereocenters. The van der Waals surface area contributed by atoms with Gasteiger partial charge in [0.1, 0.15) is 0 Å². The largest absolute Gasteiger partial charge is 0.369 e. The van der Waals surface area contributed by atoms with Gasteiger partial charge < -0.3 is 15.6 Å². The number of fused-ring (bicyclic) bond motifs is 1. The molecule has 21 heavy (non-hydrogen) atoms. The molecule has 0 spiro atoms. The van der Waals surface area contributed by atoms with Gasteiger partial charge in [-0.1, -0.05) is 26.8 Å². The van der Waals surface area contributed by atoms with Crippen LogP contribution in [0.5, 0.6) is 0 Å². The number of hydrogen-bond donors (Lipinski definition) is 2. The summed E-state index contributed by atoms with van der Waals surface area (Å²) in [4.78, 5) is 11.2. The molecule has 4 heteroatoms. The molecule has 0 saturated carbocycles. The molecule has 0 aliphatic rings. The van der Waals surface area contributed by atoms with Crippen LogP contribution in [0.2, 0.25) is 0 Å². The maximum atomic E-state index is 11.2. The van der Waals surface area contributed by atoms with Crippen LogP contribution in [-0.2, 0) is 17.9 Å². The molecule has 3 N–H and O–H groups in total. The minimum Gasteiger partial charge on any atom is -0.369 e. The summed E-state index contributed by atoms with van der Waals surface area (Å²) >= 11 is 0. The Balaban J connectivity index is 2.09. The van der Waals surface area contributed by atoms with E-state index in [2.05, 4.69) is 48.0 Å². The highest BCUT2D eigenvalue weighted by molar-refractivity contribution is 5.81. The zero-order valence-electron chi connectivity index (χ0n) is 13.1. The summed E-state index contributed by atoms with van der Waals surface area (Å²) in [6.07, 6.45) is 2.02. The Kier molecular flexibility index (Phi) is 5.02. The molecule has 0 saturated heterocycles. The standard InChI is InChI=1S/C17H25N3O/c1-12(2)9-19-10-14-4-5-16-15(8-14)6-7-20(16)11-13(3)17(18)21/h4-8,12-13,19H,9-11H2,1-3H3,(H2,18,21). The fraction of sp³-hybridized carbons (Fsp3) is 0.471. The molecule has 1 heterocycles. The number of carbonyl (C=O) groups excluding carboxylic acids is 1. The Labute approximate surface area is 126 Å². The van der Waals surface area contributed by atoms with Gasteiger partial charge in [0.2, 0.25) is 5.91 Å². The van der Waals surface area contributed by atoms with Gasteiger partial charge in [-0.05, 0) is 41.6 Å². The smallest absolute Gasteiger partial charge is 0.222 e. The van der Waals surface area contributed by atoms with Gasteiger partial charge in [-0.25, -0.2) is 0 Å². The third kappa shape index (κ3) is 4.08. The number of primary amides is 1. The fourth-order valence-corrected chi connectivity index (χ4v) is 2.41. The summed E-state index contributed by atoms with van der Waals surface area (Å²) in [7, 11) is 0. The number of carbonyl (C=O) groups is 1. The third-order valence-electron chi connectivity index (χ3n) is 3.67. The number of rotatable bonds is 7. The van der Waals surface area contributed by atoms with Crippen molar-refractivity contribution in [1.29, 1.82) is 0 Å². The lowest BCUT2D eigenvalue weighted by molar-refractivity contribution is -0.121.